The lowest BCUT2D eigenvalue weighted by molar-refractivity contribution is 0.415. The summed E-state index contributed by atoms with van der Waals surface area (Å²) in [6.45, 7) is 5.36. The standard InChI is InChI=1S/C22H29N7O2.HI/c1-3-23-22(24-12-10-20-26-21(28-27-20)19-9-6-14-31-19)25-16-11-13-29(15-16)17-7-4-5-8-18(17)30-2;/h4-9,14,16H,3,10-13,15H2,1-2H3,(H2,23,24,25)(H,26,27,28);1H. The summed E-state index contributed by atoms with van der Waals surface area (Å²) in [6, 6.07) is 12.1. The number of anilines is 1. The fraction of sp³-hybridized carbons (Fsp3) is 0.409. The second-order valence-electron chi connectivity index (χ2n) is 7.34. The lowest BCUT2D eigenvalue weighted by atomic mass is 10.2. The quantitative estimate of drug-likeness (QED) is 0.225. The molecule has 3 N–H and O–H groups in total. The van der Waals surface area contributed by atoms with Crippen molar-refractivity contribution < 1.29 is 9.15 Å². The van der Waals surface area contributed by atoms with Gasteiger partial charge in [0.2, 0.25) is 5.82 Å². The third kappa shape index (κ3) is 5.93. The van der Waals surface area contributed by atoms with E-state index in [0.717, 1.165) is 49.3 Å². The molecule has 3 heterocycles. The van der Waals surface area contributed by atoms with Crippen LogP contribution in [-0.2, 0) is 6.42 Å². The highest BCUT2D eigenvalue weighted by Gasteiger charge is 2.25. The van der Waals surface area contributed by atoms with Crippen molar-refractivity contribution in [3.63, 3.8) is 0 Å². The molecule has 9 nitrogen and oxygen atoms in total. The maximum atomic E-state index is 5.52. The smallest absolute Gasteiger partial charge is 0.216 e. The van der Waals surface area contributed by atoms with Crippen molar-refractivity contribution in [1.29, 1.82) is 0 Å². The Morgan fingerprint density at radius 1 is 1.31 bits per heavy atom. The molecular formula is C22H30IN7O2. The first-order valence-electron chi connectivity index (χ1n) is 10.6. The number of H-pyrrole nitrogens is 1. The Balaban J connectivity index is 0.00000289. The number of aromatic nitrogens is 3. The van der Waals surface area contributed by atoms with Crippen molar-refractivity contribution in [2.24, 2.45) is 4.99 Å². The summed E-state index contributed by atoms with van der Waals surface area (Å²) >= 11 is 0. The number of methoxy groups -OCH3 is 1. The number of hydrogen-bond acceptors (Lipinski definition) is 6. The highest BCUT2D eigenvalue weighted by atomic mass is 127. The molecule has 0 bridgehead atoms. The second-order valence-corrected chi connectivity index (χ2v) is 7.34. The minimum Gasteiger partial charge on any atom is -0.495 e. The monoisotopic (exact) mass is 551 g/mol. The van der Waals surface area contributed by atoms with Gasteiger partial charge in [0.15, 0.2) is 11.7 Å². The lowest BCUT2D eigenvalue weighted by Gasteiger charge is -2.22. The summed E-state index contributed by atoms with van der Waals surface area (Å²) in [6.07, 6.45) is 3.32. The van der Waals surface area contributed by atoms with Crippen molar-refractivity contribution in [2.75, 3.05) is 38.2 Å². The highest BCUT2D eigenvalue weighted by molar-refractivity contribution is 14.0. The SMILES string of the molecule is CCNC(=NCCc1nc(-c2ccco2)n[nH]1)NC1CCN(c2ccccc2OC)C1.I. The van der Waals surface area contributed by atoms with Crippen molar-refractivity contribution >= 4 is 35.6 Å². The van der Waals surface area contributed by atoms with E-state index in [4.69, 9.17) is 14.1 Å². The molecule has 4 rings (SSSR count). The van der Waals surface area contributed by atoms with Gasteiger partial charge in [0, 0.05) is 38.6 Å². The van der Waals surface area contributed by atoms with E-state index in [0.29, 0.717) is 30.6 Å². The first-order chi connectivity index (χ1) is 15.3. The van der Waals surface area contributed by atoms with Crippen LogP contribution in [0.15, 0.2) is 52.1 Å². The van der Waals surface area contributed by atoms with Crippen LogP contribution in [0.2, 0.25) is 0 Å². The van der Waals surface area contributed by atoms with Gasteiger partial charge in [0.05, 0.1) is 19.1 Å². The Hall–Kier alpha value is -2.76. The maximum Gasteiger partial charge on any atom is 0.216 e. The van der Waals surface area contributed by atoms with E-state index in [1.807, 2.05) is 30.3 Å². The number of rotatable bonds is 8. The largest absolute Gasteiger partial charge is 0.495 e. The molecule has 10 heteroatoms. The Morgan fingerprint density at radius 2 is 2.19 bits per heavy atom. The normalized spacial score (nSPS) is 16.0. The molecule has 1 fully saturated rings. The summed E-state index contributed by atoms with van der Waals surface area (Å²) in [5, 5.41) is 14.1. The van der Waals surface area contributed by atoms with Crippen LogP contribution in [0.4, 0.5) is 5.69 Å². The van der Waals surface area contributed by atoms with Gasteiger partial charge in [-0.2, -0.15) is 5.10 Å². The van der Waals surface area contributed by atoms with Crippen LogP contribution in [0, 0.1) is 0 Å². The summed E-state index contributed by atoms with van der Waals surface area (Å²) in [5.74, 6) is 3.73. The molecule has 0 spiro atoms. The summed E-state index contributed by atoms with van der Waals surface area (Å²) in [7, 11) is 1.71. The third-order valence-electron chi connectivity index (χ3n) is 5.19. The maximum absolute atomic E-state index is 5.52. The van der Waals surface area contributed by atoms with Gasteiger partial charge in [-0.25, -0.2) is 4.98 Å². The van der Waals surface area contributed by atoms with E-state index in [9.17, 15) is 0 Å². The average molecular weight is 551 g/mol. The van der Waals surface area contributed by atoms with Gasteiger partial charge < -0.3 is 24.7 Å². The van der Waals surface area contributed by atoms with Crippen LogP contribution in [0.1, 0.15) is 19.2 Å². The number of nitrogens with one attached hydrogen (secondary N) is 3. The molecule has 2 aromatic heterocycles. The van der Waals surface area contributed by atoms with Crippen LogP contribution >= 0.6 is 24.0 Å². The number of furan rings is 1. The lowest BCUT2D eigenvalue weighted by Crippen LogP contribution is -2.44. The average Bonchev–Trinajstić information content (AvgIpc) is 3.55. The number of ether oxygens (including phenoxy) is 1. The van der Waals surface area contributed by atoms with Crippen LogP contribution < -0.4 is 20.3 Å². The van der Waals surface area contributed by atoms with Crippen molar-refractivity contribution in [2.45, 2.75) is 25.8 Å². The van der Waals surface area contributed by atoms with Gasteiger partial charge in [-0.15, -0.1) is 24.0 Å². The fourth-order valence-electron chi connectivity index (χ4n) is 3.70. The number of aliphatic imine (C=N–C) groups is 1. The first kappa shape index (κ1) is 23.9. The summed E-state index contributed by atoms with van der Waals surface area (Å²) in [5.41, 5.74) is 1.13. The van der Waals surface area contributed by atoms with Crippen LogP contribution in [0.3, 0.4) is 0 Å². The van der Waals surface area contributed by atoms with Gasteiger partial charge in [-0.3, -0.25) is 10.1 Å². The molecule has 0 radical (unpaired) electrons. The van der Waals surface area contributed by atoms with E-state index in [2.05, 4.69) is 43.7 Å². The minimum atomic E-state index is 0. The van der Waals surface area contributed by atoms with Crippen molar-refractivity contribution in [3.8, 4) is 17.3 Å². The Morgan fingerprint density at radius 3 is 2.97 bits per heavy atom. The van der Waals surface area contributed by atoms with Gasteiger partial charge in [0.1, 0.15) is 11.6 Å². The zero-order valence-electron chi connectivity index (χ0n) is 18.4. The zero-order valence-corrected chi connectivity index (χ0v) is 20.7. The van der Waals surface area contributed by atoms with Crippen LogP contribution in [0.25, 0.3) is 11.6 Å². The molecule has 0 aliphatic carbocycles. The van der Waals surface area contributed by atoms with Gasteiger partial charge in [-0.1, -0.05) is 12.1 Å². The number of guanidine groups is 1. The third-order valence-corrected chi connectivity index (χ3v) is 5.19. The molecule has 1 aromatic carbocycles. The topological polar surface area (TPSA) is 104 Å². The van der Waals surface area contributed by atoms with Crippen LogP contribution in [-0.4, -0.2) is 60.5 Å². The molecular weight excluding hydrogens is 521 g/mol. The van der Waals surface area contributed by atoms with E-state index in [-0.39, 0.29) is 24.0 Å². The van der Waals surface area contributed by atoms with Gasteiger partial charge in [-0.05, 0) is 37.6 Å². The molecule has 1 saturated heterocycles. The fourth-order valence-corrected chi connectivity index (χ4v) is 3.70. The van der Waals surface area contributed by atoms with Crippen LogP contribution in [0.5, 0.6) is 5.75 Å². The second kappa shape index (κ2) is 11.7. The Bertz CT molecular complexity index is 990. The number of halogens is 1. The molecule has 1 aliphatic rings. The van der Waals surface area contributed by atoms with Crippen molar-refractivity contribution in [1.82, 2.24) is 25.8 Å². The first-order valence-corrected chi connectivity index (χ1v) is 10.6. The van der Waals surface area contributed by atoms with E-state index in [1.54, 1.807) is 13.4 Å². The number of para-hydroxylation sites is 2. The molecule has 1 atom stereocenters. The molecule has 1 unspecified atom stereocenters. The predicted octanol–water partition coefficient (Wildman–Crippen LogP) is 3.07. The van der Waals surface area contributed by atoms with Crippen molar-refractivity contribution in [3.05, 3.63) is 48.5 Å². The molecule has 172 valence electrons. The summed E-state index contributed by atoms with van der Waals surface area (Å²) in [4.78, 5) is 11.5. The molecule has 32 heavy (non-hydrogen) atoms. The highest BCUT2D eigenvalue weighted by Crippen LogP contribution is 2.30. The number of benzene rings is 1. The molecule has 1 aliphatic heterocycles. The van der Waals surface area contributed by atoms with E-state index in [1.165, 1.54) is 0 Å². The molecule has 0 saturated carbocycles. The molecule has 0 amide bonds. The number of nitrogens with zero attached hydrogens (tertiary/aromatic N) is 4. The number of aromatic amines is 1. The Labute approximate surface area is 205 Å². The number of hydrogen-bond donors (Lipinski definition) is 3. The van der Waals surface area contributed by atoms with E-state index >= 15 is 0 Å². The van der Waals surface area contributed by atoms with Gasteiger partial charge >= 0.3 is 0 Å². The zero-order chi connectivity index (χ0) is 21.5. The molecule has 3 aromatic rings. The minimum absolute atomic E-state index is 0. The summed E-state index contributed by atoms with van der Waals surface area (Å²) < 4.78 is 10.8. The van der Waals surface area contributed by atoms with Gasteiger partial charge in [0.25, 0.3) is 0 Å². The van der Waals surface area contributed by atoms with E-state index < -0.39 is 0 Å². The predicted molar refractivity (Wildman–Crippen MR) is 136 cm³/mol. The Kier molecular flexibility index (Phi) is 8.77.